The Kier molecular flexibility index (Phi) is 6.31. The molecule has 1 aromatic carbocycles. The van der Waals surface area contributed by atoms with Gasteiger partial charge in [0.25, 0.3) is 0 Å². The number of carbonyl (C=O) groups excluding carboxylic acids is 1. The lowest BCUT2D eigenvalue weighted by molar-refractivity contribution is 0.252. The van der Waals surface area contributed by atoms with E-state index >= 15 is 0 Å². The number of methoxy groups -OCH3 is 1. The predicted molar refractivity (Wildman–Crippen MR) is 82.7 cm³/mol. The SMILES string of the molecule is COc1ccc(Cl)cc1NC(=O)N/N=C(/C)CC(C)C. The average molecular weight is 298 g/mol. The standard InChI is InChI=1S/C14H20ClN3O2/c1-9(2)7-10(3)17-18-14(19)16-12-8-11(15)5-6-13(12)20-4/h5-6,8-9H,7H2,1-4H3,(H2,16,18,19)/b17-10-. The first-order chi connectivity index (χ1) is 9.42. The van der Waals surface area contributed by atoms with E-state index in [0.717, 1.165) is 12.1 Å². The zero-order valence-corrected chi connectivity index (χ0v) is 12.9. The van der Waals surface area contributed by atoms with E-state index in [0.29, 0.717) is 22.4 Å². The Balaban J connectivity index is 2.65. The number of nitrogens with one attached hydrogen (secondary N) is 2. The fourth-order valence-electron chi connectivity index (χ4n) is 1.71. The summed E-state index contributed by atoms with van der Waals surface area (Å²) in [6.45, 7) is 6.06. The molecule has 0 bridgehead atoms. The van der Waals surface area contributed by atoms with Crippen molar-refractivity contribution in [1.82, 2.24) is 5.43 Å². The minimum absolute atomic E-state index is 0.436. The monoisotopic (exact) mass is 297 g/mol. The highest BCUT2D eigenvalue weighted by Crippen LogP contribution is 2.27. The van der Waals surface area contributed by atoms with E-state index in [1.807, 2.05) is 6.92 Å². The number of nitrogens with zero attached hydrogens (tertiary/aromatic N) is 1. The van der Waals surface area contributed by atoms with Gasteiger partial charge in [-0.1, -0.05) is 25.4 Å². The van der Waals surface area contributed by atoms with Crippen molar-refractivity contribution in [2.75, 3.05) is 12.4 Å². The van der Waals surface area contributed by atoms with Crippen LogP contribution in [0.2, 0.25) is 5.02 Å². The first-order valence-corrected chi connectivity index (χ1v) is 6.74. The summed E-state index contributed by atoms with van der Waals surface area (Å²) in [5, 5.41) is 7.18. The minimum Gasteiger partial charge on any atom is -0.495 e. The number of anilines is 1. The fraction of sp³-hybridized carbons (Fsp3) is 0.429. The molecule has 20 heavy (non-hydrogen) atoms. The van der Waals surface area contributed by atoms with Crippen LogP contribution in [-0.2, 0) is 0 Å². The second-order valence-corrected chi connectivity index (χ2v) is 5.29. The number of benzene rings is 1. The van der Waals surface area contributed by atoms with Gasteiger partial charge in [-0.05, 0) is 37.5 Å². The van der Waals surface area contributed by atoms with Crippen molar-refractivity contribution in [2.45, 2.75) is 27.2 Å². The molecule has 0 aromatic heterocycles. The van der Waals surface area contributed by atoms with Gasteiger partial charge < -0.3 is 10.1 Å². The molecule has 2 amide bonds. The molecule has 0 fully saturated rings. The maximum Gasteiger partial charge on any atom is 0.339 e. The number of rotatable bonds is 5. The van der Waals surface area contributed by atoms with Crippen molar-refractivity contribution >= 4 is 29.0 Å². The summed E-state index contributed by atoms with van der Waals surface area (Å²) in [5.74, 6) is 1.03. The second-order valence-electron chi connectivity index (χ2n) is 4.86. The lowest BCUT2D eigenvalue weighted by Crippen LogP contribution is -2.25. The lowest BCUT2D eigenvalue weighted by Gasteiger charge is -2.10. The number of urea groups is 1. The molecule has 110 valence electrons. The first kappa shape index (κ1) is 16.3. The molecule has 0 unspecified atom stereocenters. The first-order valence-electron chi connectivity index (χ1n) is 6.36. The van der Waals surface area contributed by atoms with E-state index in [9.17, 15) is 4.79 Å². The Bertz CT molecular complexity index is 501. The van der Waals surface area contributed by atoms with Crippen molar-refractivity contribution in [3.05, 3.63) is 23.2 Å². The Morgan fingerprint density at radius 3 is 2.75 bits per heavy atom. The van der Waals surface area contributed by atoms with Gasteiger partial charge >= 0.3 is 6.03 Å². The molecule has 2 N–H and O–H groups in total. The van der Waals surface area contributed by atoms with Crippen molar-refractivity contribution < 1.29 is 9.53 Å². The molecule has 1 rings (SSSR count). The van der Waals surface area contributed by atoms with E-state index in [-0.39, 0.29) is 0 Å². The van der Waals surface area contributed by atoms with Gasteiger partial charge in [0.05, 0.1) is 12.8 Å². The Morgan fingerprint density at radius 2 is 2.15 bits per heavy atom. The van der Waals surface area contributed by atoms with Gasteiger partial charge in [0.2, 0.25) is 0 Å². The molecule has 0 saturated carbocycles. The third-order valence-corrected chi connectivity index (χ3v) is 2.70. The van der Waals surface area contributed by atoms with Crippen LogP contribution in [0.1, 0.15) is 27.2 Å². The molecule has 1 aromatic rings. The second kappa shape index (κ2) is 7.75. The maximum atomic E-state index is 11.8. The summed E-state index contributed by atoms with van der Waals surface area (Å²) in [6.07, 6.45) is 0.834. The summed E-state index contributed by atoms with van der Waals surface area (Å²) >= 11 is 5.89. The molecule has 0 aliphatic carbocycles. The Hall–Kier alpha value is -1.75. The molecule has 6 heteroatoms. The van der Waals surface area contributed by atoms with Gasteiger partial charge in [0.15, 0.2) is 0 Å². The molecular formula is C14H20ClN3O2. The van der Waals surface area contributed by atoms with Crippen LogP contribution in [0, 0.1) is 5.92 Å². The largest absolute Gasteiger partial charge is 0.495 e. The van der Waals surface area contributed by atoms with Gasteiger partial charge in [0.1, 0.15) is 5.75 Å². The van der Waals surface area contributed by atoms with Gasteiger partial charge in [-0.25, -0.2) is 10.2 Å². The summed E-state index contributed by atoms with van der Waals surface area (Å²) in [7, 11) is 1.53. The minimum atomic E-state index is -0.436. The maximum absolute atomic E-state index is 11.8. The summed E-state index contributed by atoms with van der Waals surface area (Å²) in [5.41, 5.74) is 3.81. The zero-order chi connectivity index (χ0) is 15.1. The predicted octanol–water partition coefficient (Wildman–Crippen LogP) is 3.89. The summed E-state index contributed by atoms with van der Waals surface area (Å²) < 4.78 is 5.14. The van der Waals surface area contributed by atoms with E-state index in [1.165, 1.54) is 7.11 Å². The van der Waals surface area contributed by atoms with Crippen LogP contribution >= 0.6 is 11.6 Å². The van der Waals surface area contributed by atoms with Crippen molar-refractivity contribution in [3.63, 3.8) is 0 Å². The number of halogens is 1. The van der Waals surface area contributed by atoms with E-state index < -0.39 is 6.03 Å². The smallest absolute Gasteiger partial charge is 0.339 e. The third kappa shape index (κ3) is 5.48. The topological polar surface area (TPSA) is 62.7 Å². The molecule has 0 spiro atoms. The number of amides is 2. The van der Waals surface area contributed by atoms with Gasteiger partial charge in [-0.15, -0.1) is 0 Å². The zero-order valence-electron chi connectivity index (χ0n) is 12.2. The highest BCUT2D eigenvalue weighted by atomic mass is 35.5. The molecule has 0 radical (unpaired) electrons. The van der Waals surface area contributed by atoms with E-state index in [4.69, 9.17) is 16.3 Å². The summed E-state index contributed by atoms with van der Waals surface area (Å²) in [4.78, 5) is 11.8. The van der Waals surface area contributed by atoms with Crippen molar-refractivity contribution in [2.24, 2.45) is 11.0 Å². The lowest BCUT2D eigenvalue weighted by atomic mass is 10.1. The number of ether oxygens (including phenoxy) is 1. The van der Waals surface area contributed by atoms with E-state index in [2.05, 4.69) is 29.7 Å². The van der Waals surface area contributed by atoms with Crippen LogP contribution in [-0.4, -0.2) is 18.9 Å². The van der Waals surface area contributed by atoms with Crippen molar-refractivity contribution in [1.29, 1.82) is 0 Å². The summed E-state index contributed by atoms with van der Waals surface area (Å²) in [6, 6.07) is 4.55. The number of carbonyl (C=O) groups is 1. The van der Waals surface area contributed by atoms with Crippen molar-refractivity contribution in [3.8, 4) is 5.75 Å². The fourth-order valence-corrected chi connectivity index (χ4v) is 1.88. The van der Waals surface area contributed by atoms with Crippen LogP contribution in [0.4, 0.5) is 10.5 Å². The normalized spacial score (nSPS) is 11.4. The van der Waals surface area contributed by atoms with Crippen LogP contribution in [0.25, 0.3) is 0 Å². The van der Waals surface area contributed by atoms with Crippen LogP contribution in [0.3, 0.4) is 0 Å². The molecule has 0 aliphatic rings. The number of hydrazone groups is 1. The molecule has 0 atom stereocenters. The van der Waals surface area contributed by atoms with Gasteiger partial charge in [0, 0.05) is 10.7 Å². The molecule has 0 heterocycles. The average Bonchev–Trinajstić information content (AvgIpc) is 2.36. The van der Waals surface area contributed by atoms with Gasteiger partial charge in [-0.3, -0.25) is 0 Å². The Morgan fingerprint density at radius 1 is 1.45 bits per heavy atom. The number of hydrogen-bond acceptors (Lipinski definition) is 3. The highest BCUT2D eigenvalue weighted by molar-refractivity contribution is 6.31. The van der Waals surface area contributed by atoms with Crippen LogP contribution < -0.4 is 15.5 Å². The molecule has 0 saturated heterocycles. The third-order valence-electron chi connectivity index (χ3n) is 2.46. The van der Waals surface area contributed by atoms with Crippen LogP contribution in [0.5, 0.6) is 5.75 Å². The highest BCUT2D eigenvalue weighted by Gasteiger charge is 2.07. The quantitative estimate of drug-likeness (QED) is 0.639. The molecule has 5 nitrogen and oxygen atoms in total. The molecular weight excluding hydrogens is 278 g/mol. The number of hydrogen-bond donors (Lipinski definition) is 2. The van der Waals surface area contributed by atoms with Gasteiger partial charge in [-0.2, -0.15) is 5.10 Å². The van der Waals surface area contributed by atoms with Crippen LogP contribution in [0.15, 0.2) is 23.3 Å². The Labute approximate surface area is 124 Å². The molecule has 0 aliphatic heterocycles. The van der Waals surface area contributed by atoms with E-state index in [1.54, 1.807) is 18.2 Å².